The quantitative estimate of drug-likeness (QED) is 0.715. The number of carbonyl (C=O) groups is 1. The molecule has 0 fully saturated rings. The molecule has 0 unspecified atom stereocenters. The molecule has 0 aliphatic heterocycles. The lowest BCUT2D eigenvalue weighted by Crippen LogP contribution is -2.31. The summed E-state index contributed by atoms with van der Waals surface area (Å²) >= 11 is 0. The Kier molecular flexibility index (Phi) is 4.47. The zero-order chi connectivity index (χ0) is 12.1. The predicted molar refractivity (Wildman–Crippen MR) is 67.0 cm³/mol. The van der Waals surface area contributed by atoms with Gasteiger partial charge in [-0.05, 0) is 31.9 Å². The molecule has 1 aromatic rings. The summed E-state index contributed by atoms with van der Waals surface area (Å²) in [6, 6.07) is 4.10. The lowest BCUT2D eigenvalue weighted by molar-refractivity contribution is 0.101. The molecule has 0 amide bonds. The van der Waals surface area contributed by atoms with Crippen molar-refractivity contribution in [3.8, 4) is 0 Å². The first kappa shape index (κ1) is 12.7. The second kappa shape index (κ2) is 5.64. The summed E-state index contributed by atoms with van der Waals surface area (Å²) in [5, 5.41) is 0. The summed E-state index contributed by atoms with van der Waals surface area (Å²) in [6.45, 7) is 5.91. The standard InChI is InChI=1S/C13H20N2O/c1-5-12(6-2)15(4)13-9-11(10(3)16)7-8-14-13/h7-9,12H,5-6H2,1-4H3. The Balaban J connectivity index is 2.94. The highest BCUT2D eigenvalue weighted by atomic mass is 16.1. The van der Waals surface area contributed by atoms with Crippen LogP contribution in [-0.2, 0) is 0 Å². The summed E-state index contributed by atoms with van der Waals surface area (Å²) in [7, 11) is 2.03. The minimum absolute atomic E-state index is 0.0848. The molecular weight excluding hydrogens is 200 g/mol. The lowest BCUT2D eigenvalue weighted by atomic mass is 10.1. The zero-order valence-electron chi connectivity index (χ0n) is 10.5. The van der Waals surface area contributed by atoms with Gasteiger partial charge in [-0.2, -0.15) is 0 Å². The molecule has 3 nitrogen and oxygen atoms in total. The number of nitrogens with zero attached hydrogens (tertiary/aromatic N) is 2. The average molecular weight is 220 g/mol. The number of carbonyl (C=O) groups excluding carboxylic acids is 1. The van der Waals surface area contributed by atoms with Crippen LogP contribution in [0.15, 0.2) is 18.3 Å². The van der Waals surface area contributed by atoms with E-state index in [-0.39, 0.29) is 5.78 Å². The van der Waals surface area contributed by atoms with E-state index in [4.69, 9.17) is 0 Å². The monoisotopic (exact) mass is 220 g/mol. The average Bonchev–Trinajstić information content (AvgIpc) is 2.30. The van der Waals surface area contributed by atoms with Gasteiger partial charge in [-0.25, -0.2) is 4.98 Å². The van der Waals surface area contributed by atoms with E-state index in [0.29, 0.717) is 6.04 Å². The largest absolute Gasteiger partial charge is 0.357 e. The van der Waals surface area contributed by atoms with Crippen molar-refractivity contribution in [3.05, 3.63) is 23.9 Å². The molecule has 0 saturated heterocycles. The van der Waals surface area contributed by atoms with Crippen molar-refractivity contribution < 1.29 is 4.79 Å². The van der Waals surface area contributed by atoms with Crippen molar-refractivity contribution in [2.24, 2.45) is 0 Å². The molecule has 88 valence electrons. The zero-order valence-corrected chi connectivity index (χ0v) is 10.5. The van der Waals surface area contributed by atoms with Gasteiger partial charge in [0, 0.05) is 24.8 Å². The number of ketones is 1. The fourth-order valence-electron chi connectivity index (χ4n) is 1.85. The van der Waals surface area contributed by atoms with Crippen LogP contribution in [0, 0.1) is 0 Å². The fraction of sp³-hybridized carbons (Fsp3) is 0.538. The summed E-state index contributed by atoms with van der Waals surface area (Å²) in [5.74, 6) is 0.961. The van der Waals surface area contributed by atoms with Gasteiger partial charge >= 0.3 is 0 Å². The molecule has 0 aromatic carbocycles. The van der Waals surface area contributed by atoms with Gasteiger partial charge in [0.05, 0.1) is 0 Å². The topological polar surface area (TPSA) is 33.2 Å². The molecule has 0 aliphatic carbocycles. The highest BCUT2D eigenvalue weighted by Gasteiger charge is 2.13. The van der Waals surface area contributed by atoms with E-state index in [0.717, 1.165) is 24.2 Å². The van der Waals surface area contributed by atoms with Crippen LogP contribution in [-0.4, -0.2) is 23.9 Å². The summed E-state index contributed by atoms with van der Waals surface area (Å²) in [4.78, 5) is 17.7. The van der Waals surface area contributed by atoms with Crippen molar-refractivity contribution in [1.82, 2.24) is 4.98 Å². The first-order valence-electron chi connectivity index (χ1n) is 5.80. The van der Waals surface area contributed by atoms with Crippen molar-refractivity contribution in [2.75, 3.05) is 11.9 Å². The number of rotatable bonds is 5. The highest BCUT2D eigenvalue weighted by Crippen LogP contribution is 2.17. The van der Waals surface area contributed by atoms with E-state index < -0.39 is 0 Å². The maximum Gasteiger partial charge on any atom is 0.159 e. The molecule has 0 atom stereocenters. The molecule has 0 N–H and O–H groups in total. The van der Waals surface area contributed by atoms with Crippen LogP contribution in [0.1, 0.15) is 44.0 Å². The Hall–Kier alpha value is -1.38. The van der Waals surface area contributed by atoms with Gasteiger partial charge < -0.3 is 4.90 Å². The Morgan fingerprint density at radius 3 is 2.56 bits per heavy atom. The van der Waals surface area contributed by atoms with E-state index in [1.807, 2.05) is 13.1 Å². The second-order valence-corrected chi connectivity index (χ2v) is 4.04. The minimum atomic E-state index is 0.0848. The third kappa shape index (κ3) is 2.81. The summed E-state index contributed by atoms with van der Waals surface area (Å²) in [5.41, 5.74) is 0.725. The molecule has 1 heterocycles. The molecule has 0 bridgehead atoms. The SMILES string of the molecule is CCC(CC)N(C)c1cc(C(C)=O)ccn1. The van der Waals surface area contributed by atoms with Crippen LogP contribution in [0.3, 0.4) is 0 Å². The number of Topliss-reactive ketones (excluding diaryl/α,β-unsaturated/α-hetero) is 1. The Labute approximate surface area is 97.5 Å². The lowest BCUT2D eigenvalue weighted by Gasteiger charge is -2.27. The van der Waals surface area contributed by atoms with Crippen LogP contribution in [0.2, 0.25) is 0 Å². The molecule has 3 heteroatoms. The first-order chi connectivity index (χ1) is 7.60. The van der Waals surface area contributed by atoms with Gasteiger partial charge in [0.25, 0.3) is 0 Å². The van der Waals surface area contributed by atoms with Crippen LogP contribution in [0.4, 0.5) is 5.82 Å². The van der Waals surface area contributed by atoms with E-state index in [1.54, 1.807) is 19.2 Å². The maximum atomic E-state index is 11.3. The summed E-state index contributed by atoms with van der Waals surface area (Å²) < 4.78 is 0. The van der Waals surface area contributed by atoms with Gasteiger partial charge in [-0.1, -0.05) is 13.8 Å². The molecule has 0 spiro atoms. The molecule has 1 rings (SSSR count). The van der Waals surface area contributed by atoms with Crippen molar-refractivity contribution in [1.29, 1.82) is 0 Å². The number of hydrogen-bond donors (Lipinski definition) is 0. The molecule has 0 saturated carbocycles. The fourth-order valence-corrected chi connectivity index (χ4v) is 1.85. The van der Waals surface area contributed by atoms with Crippen molar-refractivity contribution in [2.45, 2.75) is 39.7 Å². The predicted octanol–water partition coefficient (Wildman–Crippen LogP) is 2.91. The normalized spacial score (nSPS) is 10.6. The van der Waals surface area contributed by atoms with Crippen LogP contribution >= 0.6 is 0 Å². The molecule has 0 aliphatic rings. The number of anilines is 1. The van der Waals surface area contributed by atoms with Gasteiger partial charge in [0.15, 0.2) is 5.78 Å². The van der Waals surface area contributed by atoms with E-state index in [1.165, 1.54) is 0 Å². The van der Waals surface area contributed by atoms with Crippen molar-refractivity contribution >= 4 is 11.6 Å². The van der Waals surface area contributed by atoms with Crippen LogP contribution in [0.25, 0.3) is 0 Å². The maximum absolute atomic E-state index is 11.3. The van der Waals surface area contributed by atoms with Gasteiger partial charge in [-0.3, -0.25) is 4.79 Å². The molecule has 0 radical (unpaired) electrons. The third-order valence-corrected chi connectivity index (χ3v) is 3.00. The Bertz CT molecular complexity index is 359. The van der Waals surface area contributed by atoms with Crippen LogP contribution in [0.5, 0.6) is 0 Å². The smallest absolute Gasteiger partial charge is 0.159 e. The Morgan fingerprint density at radius 2 is 2.06 bits per heavy atom. The second-order valence-electron chi connectivity index (χ2n) is 4.04. The minimum Gasteiger partial charge on any atom is -0.357 e. The van der Waals surface area contributed by atoms with Crippen molar-refractivity contribution in [3.63, 3.8) is 0 Å². The summed E-state index contributed by atoms with van der Waals surface area (Å²) in [6.07, 6.45) is 3.86. The molecular formula is C13H20N2O. The van der Waals surface area contributed by atoms with Gasteiger partial charge in [-0.15, -0.1) is 0 Å². The van der Waals surface area contributed by atoms with E-state index >= 15 is 0 Å². The van der Waals surface area contributed by atoms with E-state index in [2.05, 4.69) is 23.7 Å². The third-order valence-electron chi connectivity index (χ3n) is 3.00. The van der Waals surface area contributed by atoms with E-state index in [9.17, 15) is 4.79 Å². The first-order valence-corrected chi connectivity index (χ1v) is 5.80. The van der Waals surface area contributed by atoms with Crippen LogP contribution < -0.4 is 4.90 Å². The number of aromatic nitrogens is 1. The number of hydrogen-bond acceptors (Lipinski definition) is 3. The van der Waals surface area contributed by atoms with Gasteiger partial charge in [0.2, 0.25) is 0 Å². The Morgan fingerprint density at radius 1 is 1.44 bits per heavy atom. The molecule has 16 heavy (non-hydrogen) atoms. The highest BCUT2D eigenvalue weighted by molar-refractivity contribution is 5.94. The molecule has 1 aromatic heterocycles. The number of pyridine rings is 1. The van der Waals surface area contributed by atoms with Gasteiger partial charge in [0.1, 0.15) is 5.82 Å².